The van der Waals surface area contributed by atoms with Crippen LogP contribution in [0.25, 0.3) is 0 Å². The summed E-state index contributed by atoms with van der Waals surface area (Å²) in [6.07, 6.45) is 5.39. The van der Waals surface area contributed by atoms with E-state index in [1.807, 2.05) is 6.92 Å². The zero-order valence-corrected chi connectivity index (χ0v) is 14.3. The summed E-state index contributed by atoms with van der Waals surface area (Å²) in [5.74, 6) is 1.41. The number of benzene rings is 1. The van der Waals surface area contributed by atoms with Gasteiger partial charge in [-0.05, 0) is 55.6 Å². The van der Waals surface area contributed by atoms with Crippen LogP contribution in [0, 0.1) is 24.2 Å². The molecular weight excluding hydrogens is 296 g/mol. The summed E-state index contributed by atoms with van der Waals surface area (Å²) in [6, 6.07) is 6.78. The lowest BCUT2D eigenvalue weighted by molar-refractivity contribution is -0.00910. The van der Waals surface area contributed by atoms with Crippen LogP contribution in [0.15, 0.2) is 40.8 Å². The van der Waals surface area contributed by atoms with Crippen LogP contribution in [0.5, 0.6) is 0 Å². The lowest BCUT2D eigenvalue weighted by Gasteiger charge is -2.56. The Morgan fingerprint density at radius 1 is 1.23 bits per heavy atom. The molecule has 4 heteroatoms. The Kier molecular flexibility index (Phi) is 3.94. The van der Waals surface area contributed by atoms with Gasteiger partial charge in [-0.25, -0.2) is 0 Å². The molecule has 1 aromatic rings. The molecule has 1 unspecified atom stereocenters. The third-order valence-corrected chi connectivity index (χ3v) is 6.85. The molecule has 1 fully saturated rings. The van der Waals surface area contributed by atoms with Gasteiger partial charge in [0.25, 0.3) is 10.1 Å². The van der Waals surface area contributed by atoms with Crippen molar-refractivity contribution in [2.75, 3.05) is 6.61 Å². The molecule has 0 heterocycles. The topological polar surface area (TPSA) is 43.4 Å². The maximum atomic E-state index is 12.2. The molecule has 0 N–H and O–H groups in total. The monoisotopic (exact) mass is 320 g/mol. The standard InChI is InChI=1S/C18H24O3S/c1-13-4-8-16(9-5-13)22(19,20)21-11-10-14-6-7-15-12-17(14)18(15,2)3/h4-6,8-9,15,17H,7,10-12H2,1-3H3/t15?,17-/m0/s1. The van der Waals surface area contributed by atoms with Crippen molar-refractivity contribution >= 4 is 10.1 Å². The van der Waals surface area contributed by atoms with Gasteiger partial charge in [0.1, 0.15) is 0 Å². The molecule has 0 spiro atoms. The van der Waals surface area contributed by atoms with E-state index in [2.05, 4.69) is 19.9 Å². The molecule has 4 rings (SSSR count). The highest BCUT2D eigenvalue weighted by Gasteiger charge is 2.50. The molecule has 3 aliphatic carbocycles. The zero-order chi connectivity index (χ0) is 16.0. The highest BCUT2D eigenvalue weighted by Crippen LogP contribution is 2.59. The average Bonchev–Trinajstić information content (AvgIpc) is 2.47. The van der Waals surface area contributed by atoms with Gasteiger partial charge in [-0.3, -0.25) is 4.18 Å². The van der Waals surface area contributed by atoms with Gasteiger partial charge in [0.05, 0.1) is 11.5 Å². The number of fused-ring (bicyclic) bond motifs is 1. The second kappa shape index (κ2) is 5.50. The number of hydrogen-bond donors (Lipinski definition) is 0. The first kappa shape index (κ1) is 15.8. The molecule has 120 valence electrons. The fraction of sp³-hybridized carbons (Fsp3) is 0.556. The largest absolute Gasteiger partial charge is 0.296 e. The Balaban J connectivity index is 1.59. The second-order valence-corrected chi connectivity index (χ2v) is 8.78. The molecule has 2 atom stereocenters. The average molecular weight is 320 g/mol. The van der Waals surface area contributed by atoms with Crippen LogP contribution < -0.4 is 0 Å². The van der Waals surface area contributed by atoms with Gasteiger partial charge >= 0.3 is 0 Å². The third kappa shape index (κ3) is 2.74. The quantitative estimate of drug-likeness (QED) is 0.606. The van der Waals surface area contributed by atoms with Gasteiger partial charge in [-0.1, -0.05) is 43.2 Å². The summed E-state index contributed by atoms with van der Waals surface area (Å²) in [5, 5.41) is 0. The molecule has 0 aliphatic heterocycles. The highest BCUT2D eigenvalue weighted by atomic mass is 32.2. The van der Waals surface area contributed by atoms with E-state index in [9.17, 15) is 8.42 Å². The third-order valence-electron chi connectivity index (χ3n) is 5.52. The van der Waals surface area contributed by atoms with Gasteiger partial charge < -0.3 is 0 Å². The van der Waals surface area contributed by atoms with E-state index in [4.69, 9.17) is 4.18 Å². The Labute approximate surface area is 133 Å². The normalized spacial score (nSPS) is 26.2. The van der Waals surface area contributed by atoms with E-state index >= 15 is 0 Å². The predicted octanol–water partition coefficient (Wildman–Crippen LogP) is 4.08. The second-order valence-electron chi connectivity index (χ2n) is 7.16. The van der Waals surface area contributed by atoms with Crippen LogP contribution in [0.4, 0.5) is 0 Å². The van der Waals surface area contributed by atoms with E-state index in [-0.39, 0.29) is 11.5 Å². The van der Waals surface area contributed by atoms with Crippen molar-refractivity contribution in [1.82, 2.24) is 0 Å². The predicted molar refractivity (Wildman–Crippen MR) is 87.0 cm³/mol. The molecule has 1 saturated carbocycles. The first-order chi connectivity index (χ1) is 10.3. The van der Waals surface area contributed by atoms with E-state index < -0.39 is 10.1 Å². The van der Waals surface area contributed by atoms with Crippen LogP contribution >= 0.6 is 0 Å². The van der Waals surface area contributed by atoms with Crippen LogP contribution in [0.2, 0.25) is 0 Å². The van der Waals surface area contributed by atoms with Crippen molar-refractivity contribution in [1.29, 1.82) is 0 Å². The molecule has 22 heavy (non-hydrogen) atoms. The van der Waals surface area contributed by atoms with Crippen LogP contribution in [0.3, 0.4) is 0 Å². The molecule has 0 saturated heterocycles. The minimum Gasteiger partial charge on any atom is -0.266 e. The smallest absolute Gasteiger partial charge is 0.266 e. The van der Waals surface area contributed by atoms with E-state index in [1.165, 1.54) is 12.0 Å². The number of rotatable bonds is 5. The Bertz CT molecular complexity index is 684. The minimum absolute atomic E-state index is 0.235. The number of aryl methyl sites for hydroxylation is 1. The Morgan fingerprint density at radius 3 is 2.50 bits per heavy atom. The van der Waals surface area contributed by atoms with Crippen molar-refractivity contribution in [2.45, 2.75) is 44.9 Å². The summed E-state index contributed by atoms with van der Waals surface area (Å²) in [6.45, 7) is 6.81. The van der Waals surface area contributed by atoms with Crippen LogP contribution in [-0.2, 0) is 14.3 Å². The zero-order valence-electron chi connectivity index (χ0n) is 13.5. The molecule has 3 nitrogen and oxygen atoms in total. The van der Waals surface area contributed by atoms with Crippen molar-refractivity contribution < 1.29 is 12.6 Å². The van der Waals surface area contributed by atoms with Gasteiger partial charge in [0.15, 0.2) is 0 Å². The summed E-state index contributed by atoms with van der Waals surface area (Å²) in [4.78, 5) is 0.236. The van der Waals surface area contributed by atoms with Gasteiger partial charge in [-0.15, -0.1) is 0 Å². The molecule has 0 amide bonds. The molecular formula is C18H24O3S. The first-order valence-electron chi connectivity index (χ1n) is 7.96. The van der Waals surface area contributed by atoms with E-state index in [0.717, 1.165) is 17.9 Å². The van der Waals surface area contributed by atoms with Crippen molar-refractivity contribution in [3.8, 4) is 0 Å². The summed E-state index contributed by atoms with van der Waals surface area (Å²) in [5.41, 5.74) is 2.79. The maximum Gasteiger partial charge on any atom is 0.296 e. The lowest BCUT2D eigenvalue weighted by atomic mass is 9.48. The van der Waals surface area contributed by atoms with Gasteiger partial charge in [0, 0.05) is 0 Å². The Morgan fingerprint density at radius 2 is 1.91 bits per heavy atom. The van der Waals surface area contributed by atoms with Crippen molar-refractivity contribution in [2.24, 2.45) is 17.3 Å². The first-order valence-corrected chi connectivity index (χ1v) is 9.36. The van der Waals surface area contributed by atoms with Crippen molar-refractivity contribution in [3.63, 3.8) is 0 Å². The van der Waals surface area contributed by atoms with Crippen LogP contribution in [0.1, 0.15) is 38.7 Å². The molecule has 0 aromatic heterocycles. The molecule has 0 radical (unpaired) electrons. The summed E-state index contributed by atoms with van der Waals surface area (Å²) < 4.78 is 29.5. The fourth-order valence-corrected chi connectivity index (χ4v) is 4.71. The van der Waals surface area contributed by atoms with E-state index in [1.54, 1.807) is 24.3 Å². The Hall–Kier alpha value is -1.13. The van der Waals surface area contributed by atoms with Gasteiger partial charge in [-0.2, -0.15) is 8.42 Å². The molecule has 3 aliphatic rings. The van der Waals surface area contributed by atoms with E-state index in [0.29, 0.717) is 17.8 Å². The lowest BCUT2D eigenvalue weighted by Crippen LogP contribution is -2.48. The molecule has 2 bridgehead atoms. The minimum atomic E-state index is -3.64. The number of hydrogen-bond acceptors (Lipinski definition) is 3. The van der Waals surface area contributed by atoms with Crippen LogP contribution in [-0.4, -0.2) is 15.0 Å². The summed E-state index contributed by atoms with van der Waals surface area (Å²) >= 11 is 0. The number of allylic oxidation sites excluding steroid dienone is 1. The SMILES string of the molecule is Cc1ccc(S(=O)(=O)OCCC2=CCC3C[C@@H]2C3(C)C)cc1. The molecule has 1 aromatic carbocycles. The maximum absolute atomic E-state index is 12.2. The summed E-state index contributed by atoms with van der Waals surface area (Å²) in [7, 11) is -3.64. The fourth-order valence-electron chi connectivity index (χ4n) is 3.80. The van der Waals surface area contributed by atoms with Crippen molar-refractivity contribution in [3.05, 3.63) is 41.5 Å². The van der Waals surface area contributed by atoms with Gasteiger partial charge in [0.2, 0.25) is 0 Å². The highest BCUT2D eigenvalue weighted by molar-refractivity contribution is 7.86.